The highest BCUT2D eigenvalue weighted by Crippen LogP contribution is 2.37. The van der Waals surface area contributed by atoms with Gasteiger partial charge in [0, 0.05) is 6.20 Å². The number of alkyl halides is 2. The van der Waals surface area contributed by atoms with Crippen LogP contribution in [0.1, 0.15) is 12.0 Å². The van der Waals surface area contributed by atoms with E-state index in [9.17, 15) is 17.2 Å². The van der Waals surface area contributed by atoms with E-state index < -0.39 is 27.0 Å². The van der Waals surface area contributed by atoms with Gasteiger partial charge in [0.15, 0.2) is 5.03 Å². The van der Waals surface area contributed by atoms with E-state index in [1.165, 1.54) is 0 Å². The Kier molecular flexibility index (Phi) is 3.81. The number of hydrogen-bond donors (Lipinski definition) is 1. The number of hydrogen-bond acceptors (Lipinski definition) is 4. The van der Waals surface area contributed by atoms with Crippen molar-refractivity contribution in [3.63, 3.8) is 0 Å². The average molecular weight is 317 g/mol. The first-order valence-corrected chi connectivity index (χ1v) is 6.16. The van der Waals surface area contributed by atoms with Crippen LogP contribution in [0.15, 0.2) is 15.7 Å². The van der Waals surface area contributed by atoms with Crippen molar-refractivity contribution < 1.29 is 21.9 Å². The Labute approximate surface area is 98.8 Å². The number of sulfonamides is 1. The summed E-state index contributed by atoms with van der Waals surface area (Å²) in [6, 6.07) is 0. The lowest BCUT2D eigenvalue weighted by atomic mass is 10.2. The maximum Gasteiger partial charge on any atom is 0.270 e. The molecule has 0 aliphatic carbocycles. The molecule has 0 unspecified atom stereocenters. The molecule has 0 amide bonds. The second kappa shape index (κ2) is 4.60. The summed E-state index contributed by atoms with van der Waals surface area (Å²) in [4.78, 5) is 3.36. The second-order valence-electron chi connectivity index (χ2n) is 2.70. The van der Waals surface area contributed by atoms with E-state index in [4.69, 9.17) is 5.14 Å². The van der Waals surface area contributed by atoms with E-state index in [0.29, 0.717) is 0 Å². The van der Waals surface area contributed by atoms with Crippen LogP contribution in [0.3, 0.4) is 0 Å². The third kappa shape index (κ3) is 2.47. The summed E-state index contributed by atoms with van der Waals surface area (Å²) in [7, 11) is -3.18. The molecule has 0 saturated carbocycles. The van der Waals surface area contributed by atoms with Gasteiger partial charge in [-0.25, -0.2) is 27.3 Å². The van der Waals surface area contributed by atoms with Gasteiger partial charge >= 0.3 is 0 Å². The summed E-state index contributed by atoms with van der Waals surface area (Å²) in [5, 5.41) is 3.89. The minimum atomic E-state index is -4.32. The first kappa shape index (κ1) is 13.3. The van der Waals surface area contributed by atoms with Gasteiger partial charge in [-0.3, -0.25) is 0 Å². The molecular formula is C7H7BrF2N2O3S. The first-order chi connectivity index (χ1) is 7.29. The van der Waals surface area contributed by atoms with Gasteiger partial charge in [-0.1, -0.05) is 0 Å². The zero-order valence-corrected chi connectivity index (χ0v) is 10.3. The molecule has 0 aliphatic rings. The van der Waals surface area contributed by atoms with Gasteiger partial charge in [0.25, 0.3) is 16.4 Å². The number of aromatic nitrogens is 1. The Morgan fingerprint density at radius 3 is 2.50 bits per heavy atom. The fourth-order valence-corrected chi connectivity index (χ4v) is 2.26. The summed E-state index contributed by atoms with van der Waals surface area (Å²) in [6.07, 6.45) is -2.03. The lowest BCUT2D eigenvalue weighted by Crippen LogP contribution is -2.17. The van der Waals surface area contributed by atoms with Crippen molar-refractivity contribution in [3.8, 4) is 5.75 Å². The molecule has 0 aromatic carbocycles. The van der Waals surface area contributed by atoms with E-state index in [1.807, 2.05) is 0 Å². The predicted molar refractivity (Wildman–Crippen MR) is 54.8 cm³/mol. The molecule has 0 bridgehead atoms. The highest BCUT2D eigenvalue weighted by atomic mass is 79.9. The average Bonchev–Trinajstić information content (AvgIpc) is 2.14. The Morgan fingerprint density at radius 2 is 2.12 bits per heavy atom. The zero-order chi connectivity index (χ0) is 12.5. The van der Waals surface area contributed by atoms with Gasteiger partial charge in [0.1, 0.15) is 5.75 Å². The highest BCUT2D eigenvalue weighted by Gasteiger charge is 2.28. The molecule has 0 atom stereocenters. The van der Waals surface area contributed by atoms with Crippen LogP contribution in [0.25, 0.3) is 0 Å². The number of primary sulfonamides is 1. The largest absolute Gasteiger partial charge is 0.495 e. The minimum absolute atomic E-state index is 0.123. The van der Waals surface area contributed by atoms with Crippen molar-refractivity contribution in [2.75, 3.05) is 7.11 Å². The number of nitrogens with two attached hydrogens (primary N) is 1. The number of methoxy groups -OCH3 is 1. The van der Waals surface area contributed by atoms with E-state index in [1.54, 1.807) is 0 Å². The minimum Gasteiger partial charge on any atom is -0.495 e. The SMILES string of the molecule is COc1c(Br)cnc(S(N)(=O)=O)c1C(F)F. The summed E-state index contributed by atoms with van der Waals surface area (Å²) in [5.41, 5.74) is -0.848. The van der Waals surface area contributed by atoms with Crippen LogP contribution in [-0.2, 0) is 10.0 Å². The Hall–Kier alpha value is -0.800. The standard InChI is InChI=1S/C7H7BrF2N2O3S/c1-15-5-3(8)2-12-7(16(11,13)14)4(5)6(9)10/h2,6H,1H3,(H2,11,13,14). The fraction of sp³-hybridized carbons (Fsp3) is 0.286. The summed E-state index contributed by atoms with van der Waals surface area (Å²) >= 11 is 2.92. The molecule has 0 fully saturated rings. The fourth-order valence-electron chi connectivity index (χ4n) is 1.10. The lowest BCUT2D eigenvalue weighted by molar-refractivity contribution is 0.142. The van der Waals surface area contributed by atoms with Crippen molar-refractivity contribution in [2.24, 2.45) is 5.14 Å². The van der Waals surface area contributed by atoms with Crippen LogP contribution >= 0.6 is 15.9 Å². The molecule has 16 heavy (non-hydrogen) atoms. The number of ether oxygens (including phenoxy) is 1. The molecule has 0 radical (unpaired) electrons. The van der Waals surface area contributed by atoms with Crippen LogP contribution in [0, 0.1) is 0 Å². The topological polar surface area (TPSA) is 82.3 Å². The van der Waals surface area contributed by atoms with E-state index in [0.717, 1.165) is 13.3 Å². The molecule has 1 aromatic heterocycles. The van der Waals surface area contributed by atoms with Gasteiger partial charge in [-0.15, -0.1) is 0 Å². The van der Waals surface area contributed by atoms with Gasteiger partial charge in [-0.2, -0.15) is 0 Å². The van der Waals surface area contributed by atoms with E-state index in [-0.39, 0.29) is 10.2 Å². The molecule has 1 heterocycles. The molecule has 90 valence electrons. The third-order valence-corrected chi connectivity index (χ3v) is 3.11. The van der Waals surface area contributed by atoms with E-state index >= 15 is 0 Å². The molecule has 1 aromatic rings. The number of halogens is 3. The molecule has 0 saturated heterocycles. The maximum absolute atomic E-state index is 12.7. The van der Waals surface area contributed by atoms with Crippen LogP contribution in [0.4, 0.5) is 8.78 Å². The number of rotatable bonds is 3. The lowest BCUT2D eigenvalue weighted by Gasteiger charge is -2.12. The monoisotopic (exact) mass is 316 g/mol. The third-order valence-electron chi connectivity index (χ3n) is 1.68. The van der Waals surface area contributed by atoms with Crippen LogP contribution in [0.2, 0.25) is 0 Å². The van der Waals surface area contributed by atoms with Crippen LogP contribution in [0.5, 0.6) is 5.75 Å². The van der Waals surface area contributed by atoms with Crippen molar-refractivity contribution >= 4 is 26.0 Å². The highest BCUT2D eigenvalue weighted by molar-refractivity contribution is 9.10. The number of nitrogens with zero attached hydrogens (tertiary/aromatic N) is 1. The maximum atomic E-state index is 12.7. The predicted octanol–water partition coefficient (Wildman–Crippen LogP) is 1.44. The first-order valence-electron chi connectivity index (χ1n) is 3.82. The molecule has 0 spiro atoms. The van der Waals surface area contributed by atoms with Gasteiger partial charge in [0.05, 0.1) is 17.1 Å². The van der Waals surface area contributed by atoms with Crippen LogP contribution in [-0.4, -0.2) is 20.5 Å². The normalized spacial score (nSPS) is 11.9. The quantitative estimate of drug-likeness (QED) is 0.914. The summed E-state index contributed by atoms with van der Waals surface area (Å²) < 4.78 is 52.4. The molecule has 9 heteroatoms. The number of pyridine rings is 1. The molecule has 5 nitrogen and oxygen atoms in total. The Morgan fingerprint density at radius 1 is 1.56 bits per heavy atom. The van der Waals surface area contributed by atoms with Crippen molar-refractivity contribution in [3.05, 3.63) is 16.2 Å². The Balaban J connectivity index is 3.65. The van der Waals surface area contributed by atoms with Gasteiger partial charge in [0.2, 0.25) is 0 Å². The molecule has 2 N–H and O–H groups in total. The van der Waals surface area contributed by atoms with Crippen molar-refractivity contribution in [1.29, 1.82) is 0 Å². The smallest absolute Gasteiger partial charge is 0.270 e. The van der Waals surface area contributed by atoms with Gasteiger partial charge in [-0.05, 0) is 15.9 Å². The summed E-state index contributed by atoms with van der Waals surface area (Å²) in [6.45, 7) is 0. The van der Waals surface area contributed by atoms with E-state index in [2.05, 4.69) is 25.7 Å². The van der Waals surface area contributed by atoms with Gasteiger partial charge < -0.3 is 4.74 Å². The van der Waals surface area contributed by atoms with Crippen molar-refractivity contribution in [2.45, 2.75) is 11.5 Å². The second-order valence-corrected chi connectivity index (χ2v) is 5.03. The molecule has 1 rings (SSSR count). The van der Waals surface area contributed by atoms with Crippen LogP contribution < -0.4 is 9.88 Å². The zero-order valence-electron chi connectivity index (χ0n) is 7.95. The molecular weight excluding hydrogens is 310 g/mol. The Bertz CT molecular complexity index is 507. The molecule has 0 aliphatic heterocycles. The summed E-state index contributed by atoms with van der Waals surface area (Å²) in [5.74, 6) is -0.297. The van der Waals surface area contributed by atoms with Crippen molar-refractivity contribution in [1.82, 2.24) is 4.98 Å².